The van der Waals surface area contributed by atoms with Crippen molar-refractivity contribution in [2.24, 2.45) is 7.05 Å². The molecule has 0 amide bonds. The molecule has 3 rings (SSSR count). The molecule has 0 aliphatic rings. The maximum absolute atomic E-state index is 15.3. The van der Waals surface area contributed by atoms with Gasteiger partial charge in [-0.2, -0.15) is 0 Å². The first-order valence-corrected chi connectivity index (χ1v) is 9.10. The zero-order valence-corrected chi connectivity index (χ0v) is 15.8. The molecule has 2 heterocycles. The van der Waals surface area contributed by atoms with Gasteiger partial charge < -0.3 is 4.74 Å². The highest BCUT2D eigenvalue weighted by Gasteiger charge is 2.29. The topological polar surface area (TPSA) is 43.1 Å². The van der Waals surface area contributed by atoms with Crippen molar-refractivity contribution in [1.82, 2.24) is 4.98 Å². The Hall–Kier alpha value is -3.15. The fourth-order valence-corrected chi connectivity index (χ4v) is 2.90. The van der Waals surface area contributed by atoms with E-state index in [9.17, 15) is 4.79 Å². The van der Waals surface area contributed by atoms with Crippen molar-refractivity contribution in [2.45, 2.75) is 19.8 Å². The Morgan fingerprint density at radius 3 is 2.54 bits per heavy atom. The van der Waals surface area contributed by atoms with Gasteiger partial charge in [-0.1, -0.05) is 19.4 Å². The van der Waals surface area contributed by atoms with E-state index >= 15 is 8.78 Å². The Morgan fingerprint density at radius 2 is 1.86 bits per heavy atom. The second-order valence-corrected chi connectivity index (χ2v) is 6.38. The minimum atomic E-state index is -1.01. The summed E-state index contributed by atoms with van der Waals surface area (Å²) >= 11 is 0. The second-order valence-electron chi connectivity index (χ2n) is 6.38. The third-order valence-electron chi connectivity index (χ3n) is 4.41. The molecule has 0 atom stereocenters. The Balaban J connectivity index is 2.22. The lowest BCUT2D eigenvalue weighted by Crippen LogP contribution is -2.30. The van der Waals surface area contributed by atoms with Crippen molar-refractivity contribution in [2.75, 3.05) is 6.61 Å². The number of hydrogen-bond acceptors (Lipinski definition) is 3. The summed E-state index contributed by atoms with van der Waals surface area (Å²) in [5.74, 6) is -2.93. The summed E-state index contributed by atoms with van der Waals surface area (Å²) in [5, 5.41) is 0. The standard InChI is InChI=1S/C22H21F2N2O2/c1-3-4-13-28-22(27)19-20(23)15(17-9-5-7-11-25-17)14-16(21(19)24)18-10-6-8-12-26(18)2/h5-12,14H,3-4,13H2,1-2H3/q+1. The fourth-order valence-electron chi connectivity index (χ4n) is 2.90. The molecule has 1 aromatic carbocycles. The smallest absolute Gasteiger partial charge is 0.344 e. The van der Waals surface area contributed by atoms with Gasteiger partial charge in [-0.15, -0.1) is 0 Å². The number of aryl methyl sites for hydroxylation is 1. The highest BCUT2D eigenvalue weighted by molar-refractivity contribution is 5.94. The Labute approximate surface area is 162 Å². The van der Waals surface area contributed by atoms with Crippen molar-refractivity contribution >= 4 is 5.97 Å². The number of nitrogens with zero attached hydrogens (tertiary/aromatic N) is 2. The number of unbranched alkanes of at least 4 members (excludes halogenated alkanes) is 1. The number of halogens is 2. The maximum Gasteiger partial charge on any atom is 0.344 e. The number of rotatable bonds is 6. The van der Waals surface area contributed by atoms with E-state index < -0.39 is 23.2 Å². The van der Waals surface area contributed by atoms with Crippen LogP contribution in [-0.4, -0.2) is 17.6 Å². The molecule has 0 fully saturated rings. The van der Waals surface area contributed by atoms with Crippen LogP contribution in [0.15, 0.2) is 54.9 Å². The van der Waals surface area contributed by atoms with Gasteiger partial charge in [0.25, 0.3) is 0 Å². The molecule has 4 nitrogen and oxygen atoms in total. The molecule has 0 radical (unpaired) electrons. The molecule has 0 saturated carbocycles. The van der Waals surface area contributed by atoms with Crippen LogP contribution in [0.3, 0.4) is 0 Å². The van der Waals surface area contributed by atoms with Crippen molar-refractivity contribution in [3.8, 4) is 22.5 Å². The molecule has 0 aliphatic carbocycles. The van der Waals surface area contributed by atoms with Gasteiger partial charge in [0, 0.05) is 23.9 Å². The summed E-state index contributed by atoms with van der Waals surface area (Å²) in [6, 6.07) is 11.6. The van der Waals surface area contributed by atoms with E-state index in [1.54, 1.807) is 54.2 Å². The molecule has 2 aromatic heterocycles. The van der Waals surface area contributed by atoms with Crippen molar-refractivity contribution in [1.29, 1.82) is 0 Å². The summed E-state index contributed by atoms with van der Waals surface area (Å²) in [6.07, 6.45) is 4.68. The van der Waals surface area contributed by atoms with E-state index in [0.717, 1.165) is 6.42 Å². The van der Waals surface area contributed by atoms with Gasteiger partial charge in [-0.25, -0.2) is 18.1 Å². The third-order valence-corrected chi connectivity index (χ3v) is 4.41. The highest BCUT2D eigenvalue weighted by Crippen LogP contribution is 2.33. The molecule has 144 valence electrons. The van der Waals surface area contributed by atoms with E-state index in [1.807, 2.05) is 6.92 Å². The number of carbonyl (C=O) groups excluding carboxylic acids is 1. The predicted octanol–water partition coefficient (Wildman–Crippen LogP) is 4.48. The molecule has 3 aromatic rings. The number of carbonyl (C=O) groups is 1. The summed E-state index contributed by atoms with van der Waals surface area (Å²) in [7, 11) is 1.75. The number of benzene rings is 1. The first-order chi connectivity index (χ1) is 13.5. The molecule has 6 heteroatoms. The van der Waals surface area contributed by atoms with Gasteiger partial charge in [0.05, 0.1) is 17.9 Å². The summed E-state index contributed by atoms with van der Waals surface area (Å²) < 4.78 is 37.3. The number of hydrogen-bond donors (Lipinski definition) is 0. The highest BCUT2D eigenvalue weighted by atomic mass is 19.1. The average Bonchev–Trinajstić information content (AvgIpc) is 2.70. The van der Waals surface area contributed by atoms with Crippen LogP contribution in [0, 0.1) is 11.6 Å². The lowest BCUT2D eigenvalue weighted by Gasteiger charge is -2.13. The van der Waals surface area contributed by atoms with E-state index in [2.05, 4.69) is 4.98 Å². The minimum absolute atomic E-state index is 0.0447. The van der Waals surface area contributed by atoms with Crippen LogP contribution in [0.4, 0.5) is 8.78 Å². The zero-order chi connectivity index (χ0) is 20.1. The lowest BCUT2D eigenvalue weighted by atomic mass is 9.98. The number of pyridine rings is 2. The first-order valence-electron chi connectivity index (χ1n) is 9.10. The molecule has 28 heavy (non-hydrogen) atoms. The molecule has 0 N–H and O–H groups in total. The van der Waals surface area contributed by atoms with Crippen molar-refractivity contribution < 1.29 is 22.9 Å². The Bertz CT molecular complexity index is 991. The van der Waals surface area contributed by atoms with Crippen LogP contribution in [0.5, 0.6) is 0 Å². The van der Waals surface area contributed by atoms with Gasteiger partial charge in [0.1, 0.15) is 18.4 Å². The van der Waals surface area contributed by atoms with Crippen LogP contribution >= 0.6 is 0 Å². The van der Waals surface area contributed by atoms with Crippen LogP contribution in [-0.2, 0) is 11.8 Å². The molecule has 0 unspecified atom stereocenters. The maximum atomic E-state index is 15.3. The van der Waals surface area contributed by atoms with Crippen LogP contribution in [0.1, 0.15) is 30.1 Å². The minimum Gasteiger partial charge on any atom is -0.462 e. The van der Waals surface area contributed by atoms with Crippen LogP contribution in [0.2, 0.25) is 0 Å². The normalized spacial score (nSPS) is 10.7. The van der Waals surface area contributed by atoms with Gasteiger partial charge >= 0.3 is 5.97 Å². The summed E-state index contributed by atoms with van der Waals surface area (Å²) in [4.78, 5) is 16.6. The average molecular weight is 383 g/mol. The quantitative estimate of drug-likeness (QED) is 0.358. The van der Waals surface area contributed by atoms with E-state index in [0.29, 0.717) is 17.8 Å². The molecule has 0 bridgehead atoms. The van der Waals surface area contributed by atoms with Crippen LogP contribution < -0.4 is 4.57 Å². The Morgan fingerprint density at radius 1 is 1.11 bits per heavy atom. The molecule has 0 saturated heterocycles. The van der Waals surface area contributed by atoms with Gasteiger partial charge in [-0.3, -0.25) is 4.98 Å². The van der Waals surface area contributed by atoms with Crippen LogP contribution in [0.25, 0.3) is 22.5 Å². The molecular formula is C22H21F2N2O2+. The van der Waals surface area contributed by atoms with E-state index in [-0.39, 0.29) is 17.7 Å². The van der Waals surface area contributed by atoms with Gasteiger partial charge in [-0.05, 0) is 30.7 Å². The second kappa shape index (κ2) is 8.69. The number of ether oxygens (including phenoxy) is 1. The van der Waals surface area contributed by atoms with E-state index in [1.165, 1.54) is 12.3 Å². The number of esters is 1. The predicted molar refractivity (Wildman–Crippen MR) is 101 cm³/mol. The molecule has 0 spiro atoms. The Kier molecular flexibility index (Phi) is 6.09. The monoisotopic (exact) mass is 383 g/mol. The third kappa shape index (κ3) is 3.91. The fraction of sp³-hybridized carbons (Fsp3) is 0.227. The zero-order valence-electron chi connectivity index (χ0n) is 15.8. The molecular weight excluding hydrogens is 362 g/mol. The molecule has 0 aliphatic heterocycles. The van der Waals surface area contributed by atoms with E-state index in [4.69, 9.17) is 4.74 Å². The van der Waals surface area contributed by atoms with Crippen molar-refractivity contribution in [3.63, 3.8) is 0 Å². The summed E-state index contributed by atoms with van der Waals surface area (Å²) in [5.41, 5.74) is 0.260. The summed E-state index contributed by atoms with van der Waals surface area (Å²) in [6.45, 7) is 2.04. The SMILES string of the molecule is CCCCOC(=O)c1c(F)c(-c2ccccn2)cc(-c2cccc[n+]2C)c1F. The van der Waals surface area contributed by atoms with Gasteiger partial charge in [0.2, 0.25) is 5.69 Å². The lowest BCUT2D eigenvalue weighted by molar-refractivity contribution is -0.660. The number of aromatic nitrogens is 2. The largest absolute Gasteiger partial charge is 0.462 e. The van der Waals surface area contributed by atoms with Crippen molar-refractivity contribution in [3.05, 3.63) is 72.1 Å². The van der Waals surface area contributed by atoms with Gasteiger partial charge in [0.15, 0.2) is 12.0 Å². The first kappa shape index (κ1) is 19.6.